The summed E-state index contributed by atoms with van der Waals surface area (Å²) < 4.78 is 0. The van der Waals surface area contributed by atoms with E-state index in [4.69, 9.17) is 0 Å². The molecule has 2 N–H and O–H groups in total. The van der Waals surface area contributed by atoms with E-state index in [1.807, 2.05) is 0 Å². The summed E-state index contributed by atoms with van der Waals surface area (Å²) in [5.74, 6) is 0.291. The van der Waals surface area contributed by atoms with E-state index in [1.54, 1.807) is 0 Å². The van der Waals surface area contributed by atoms with Gasteiger partial charge >= 0.3 is 0 Å². The molecule has 1 aliphatic carbocycles. The zero-order valence-electron chi connectivity index (χ0n) is 12.1. The SMILES string of the molecule is CCC1(C(=O)NC2CCC(C)(C)CC2)CCNC1. The summed E-state index contributed by atoms with van der Waals surface area (Å²) >= 11 is 0. The Balaban J connectivity index is 1.88. The van der Waals surface area contributed by atoms with Crippen molar-refractivity contribution in [2.24, 2.45) is 10.8 Å². The highest BCUT2D eigenvalue weighted by Crippen LogP contribution is 2.36. The summed E-state index contributed by atoms with van der Waals surface area (Å²) in [7, 11) is 0. The molecule has 0 radical (unpaired) electrons. The van der Waals surface area contributed by atoms with E-state index in [-0.39, 0.29) is 5.41 Å². The van der Waals surface area contributed by atoms with E-state index in [0.29, 0.717) is 17.4 Å². The monoisotopic (exact) mass is 252 g/mol. The molecule has 0 aromatic heterocycles. The molecule has 3 heteroatoms. The molecule has 0 bridgehead atoms. The number of amides is 1. The van der Waals surface area contributed by atoms with Crippen LogP contribution in [0.15, 0.2) is 0 Å². The first-order valence-electron chi connectivity index (χ1n) is 7.49. The third kappa shape index (κ3) is 2.87. The quantitative estimate of drug-likeness (QED) is 0.810. The van der Waals surface area contributed by atoms with Crippen molar-refractivity contribution in [2.75, 3.05) is 13.1 Å². The van der Waals surface area contributed by atoms with Crippen LogP contribution in [0.2, 0.25) is 0 Å². The summed E-state index contributed by atoms with van der Waals surface area (Å²) in [5, 5.41) is 6.65. The highest BCUT2D eigenvalue weighted by Gasteiger charge is 2.40. The lowest BCUT2D eigenvalue weighted by molar-refractivity contribution is -0.131. The number of nitrogens with one attached hydrogen (secondary N) is 2. The third-order valence-electron chi connectivity index (χ3n) is 5.08. The lowest BCUT2D eigenvalue weighted by Crippen LogP contribution is -2.48. The Morgan fingerprint density at radius 1 is 1.28 bits per heavy atom. The van der Waals surface area contributed by atoms with Crippen molar-refractivity contribution < 1.29 is 4.79 Å². The second-order valence-electron chi connectivity index (χ2n) is 6.97. The number of hydrogen-bond donors (Lipinski definition) is 2. The van der Waals surface area contributed by atoms with Crippen molar-refractivity contribution in [3.05, 3.63) is 0 Å². The van der Waals surface area contributed by atoms with E-state index in [0.717, 1.165) is 38.8 Å². The van der Waals surface area contributed by atoms with Crippen molar-refractivity contribution in [2.45, 2.75) is 65.3 Å². The third-order valence-corrected chi connectivity index (χ3v) is 5.08. The van der Waals surface area contributed by atoms with E-state index < -0.39 is 0 Å². The highest BCUT2D eigenvalue weighted by atomic mass is 16.2. The van der Waals surface area contributed by atoms with Crippen molar-refractivity contribution in [3.63, 3.8) is 0 Å². The van der Waals surface area contributed by atoms with Gasteiger partial charge in [-0.05, 0) is 50.5 Å². The number of carbonyl (C=O) groups is 1. The van der Waals surface area contributed by atoms with Crippen molar-refractivity contribution in [1.82, 2.24) is 10.6 Å². The summed E-state index contributed by atoms with van der Waals surface area (Å²) in [6, 6.07) is 0.412. The maximum Gasteiger partial charge on any atom is 0.227 e. The van der Waals surface area contributed by atoms with Crippen LogP contribution in [0, 0.1) is 10.8 Å². The molecule has 1 amide bonds. The zero-order chi connectivity index (χ0) is 13.2. The van der Waals surface area contributed by atoms with Gasteiger partial charge < -0.3 is 10.6 Å². The molecule has 1 saturated heterocycles. The largest absolute Gasteiger partial charge is 0.353 e. The molecule has 2 rings (SSSR count). The fourth-order valence-corrected chi connectivity index (χ4v) is 3.28. The molecule has 0 aromatic rings. The molecule has 1 saturated carbocycles. The van der Waals surface area contributed by atoms with E-state index in [1.165, 1.54) is 12.8 Å². The van der Waals surface area contributed by atoms with E-state index in [9.17, 15) is 4.79 Å². The van der Waals surface area contributed by atoms with Gasteiger partial charge in [-0.2, -0.15) is 0 Å². The minimum Gasteiger partial charge on any atom is -0.353 e. The van der Waals surface area contributed by atoms with Crippen LogP contribution in [0.1, 0.15) is 59.3 Å². The molecule has 1 unspecified atom stereocenters. The summed E-state index contributed by atoms with van der Waals surface area (Å²) in [6.45, 7) is 8.64. The molecular weight excluding hydrogens is 224 g/mol. The van der Waals surface area contributed by atoms with Crippen molar-refractivity contribution in [3.8, 4) is 0 Å². The normalized spacial score (nSPS) is 32.4. The van der Waals surface area contributed by atoms with Gasteiger partial charge in [0.1, 0.15) is 0 Å². The van der Waals surface area contributed by atoms with Crippen molar-refractivity contribution in [1.29, 1.82) is 0 Å². The van der Waals surface area contributed by atoms with Gasteiger partial charge in [-0.15, -0.1) is 0 Å². The average Bonchev–Trinajstić information content (AvgIpc) is 2.82. The summed E-state index contributed by atoms with van der Waals surface area (Å²) in [5.41, 5.74) is 0.339. The Kier molecular flexibility index (Phi) is 4.00. The smallest absolute Gasteiger partial charge is 0.227 e. The Hall–Kier alpha value is -0.570. The Morgan fingerprint density at radius 2 is 1.94 bits per heavy atom. The predicted octanol–water partition coefficient (Wildman–Crippen LogP) is 2.46. The van der Waals surface area contributed by atoms with Crippen LogP contribution in [0.5, 0.6) is 0 Å². The summed E-state index contributed by atoms with van der Waals surface area (Å²) in [6.07, 6.45) is 6.69. The van der Waals surface area contributed by atoms with Gasteiger partial charge in [0.05, 0.1) is 5.41 Å². The fourth-order valence-electron chi connectivity index (χ4n) is 3.28. The maximum absolute atomic E-state index is 12.5. The number of carbonyl (C=O) groups excluding carboxylic acids is 1. The van der Waals surface area contributed by atoms with Crippen LogP contribution in [0.3, 0.4) is 0 Å². The van der Waals surface area contributed by atoms with Crippen LogP contribution >= 0.6 is 0 Å². The minimum absolute atomic E-state index is 0.132. The topological polar surface area (TPSA) is 41.1 Å². The first kappa shape index (κ1) is 13.9. The molecular formula is C15H28N2O. The highest BCUT2D eigenvalue weighted by molar-refractivity contribution is 5.83. The second kappa shape index (κ2) is 5.20. The zero-order valence-corrected chi connectivity index (χ0v) is 12.1. The molecule has 2 fully saturated rings. The molecule has 1 heterocycles. The predicted molar refractivity (Wildman–Crippen MR) is 74.4 cm³/mol. The van der Waals surface area contributed by atoms with E-state index in [2.05, 4.69) is 31.4 Å². The van der Waals surface area contributed by atoms with Gasteiger partial charge in [-0.3, -0.25) is 4.79 Å². The Labute approximate surface area is 111 Å². The Bertz CT molecular complexity index is 296. The molecule has 18 heavy (non-hydrogen) atoms. The summed E-state index contributed by atoms with van der Waals surface area (Å²) in [4.78, 5) is 12.5. The second-order valence-corrected chi connectivity index (χ2v) is 6.97. The van der Waals surface area contributed by atoms with Gasteiger partial charge in [0.15, 0.2) is 0 Å². The standard InChI is InChI=1S/C15H28N2O/c1-4-15(9-10-16-11-15)13(18)17-12-5-7-14(2,3)8-6-12/h12,16H,4-11H2,1-3H3,(H,17,18). The molecule has 0 aromatic carbocycles. The van der Waals surface area contributed by atoms with E-state index >= 15 is 0 Å². The molecule has 2 aliphatic rings. The van der Waals surface area contributed by atoms with Crippen LogP contribution in [-0.4, -0.2) is 25.0 Å². The molecule has 1 atom stereocenters. The lowest BCUT2D eigenvalue weighted by atomic mass is 9.75. The van der Waals surface area contributed by atoms with Gasteiger partial charge in [-0.1, -0.05) is 20.8 Å². The Morgan fingerprint density at radius 3 is 2.44 bits per heavy atom. The minimum atomic E-state index is -0.132. The van der Waals surface area contributed by atoms with Crippen LogP contribution in [0.4, 0.5) is 0 Å². The average molecular weight is 252 g/mol. The molecule has 0 spiro atoms. The lowest BCUT2D eigenvalue weighted by Gasteiger charge is -2.36. The van der Waals surface area contributed by atoms with Crippen molar-refractivity contribution >= 4 is 5.91 Å². The van der Waals surface area contributed by atoms with Gasteiger partial charge in [0.25, 0.3) is 0 Å². The molecule has 104 valence electrons. The fraction of sp³-hybridized carbons (Fsp3) is 0.933. The van der Waals surface area contributed by atoms with Crippen LogP contribution in [0.25, 0.3) is 0 Å². The number of hydrogen-bond acceptors (Lipinski definition) is 2. The maximum atomic E-state index is 12.5. The first-order chi connectivity index (χ1) is 8.47. The molecule has 1 aliphatic heterocycles. The molecule has 3 nitrogen and oxygen atoms in total. The van der Waals surface area contributed by atoms with Gasteiger partial charge in [0, 0.05) is 12.6 Å². The van der Waals surface area contributed by atoms with Gasteiger partial charge in [0.2, 0.25) is 5.91 Å². The van der Waals surface area contributed by atoms with Crippen LogP contribution in [-0.2, 0) is 4.79 Å². The first-order valence-corrected chi connectivity index (χ1v) is 7.49. The van der Waals surface area contributed by atoms with Gasteiger partial charge in [-0.25, -0.2) is 0 Å². The number of rotatable bonds is 3. The van der Waals surface area contributed by atoms with Crippen LogP contribution < -0.4 is 10.6 Å².